The van der Waals surface area contributed by atoms with Crippen LogP contribution in [0.3, 0.4) is 0 Å². The molecule has 1 unspecified atom stereocenters. The zero-order valence-corrected chi connectivity index (χ0v) is 7.89. The molecule has 0 aromatic carbocycles. The van der Waals surface area contributed by atoms with Gasteiger partial charge in [-0.05, 0) is 24.8 Å². The highest BCUT2D eigenvalue weighted by Crippen LogP contribution is 2.25. The molecule has 1 amide bonds. The summed E-state index contributed by atoms with van der Waals surface area (Å²) in [6.45, 7) is 4.82. The first-order valence-corrected chi connectivity index (χ1v) is 4.56. The number of carbonyl (C=O) groups excluding carboxylic acids is 1. The van der Waals surface area contributed by atoms with Gasteiger partial charge in [-0.15, -0.1) is 0 Å². The molecule has 0 aromatic heterocycles. The summed E-state index contributed by atoms with van der Waals surface area (Å²) in [5.74, 6) is 0.174. The van der Waals surface area contributed by atoms with E-state index in [0.29, 0.717) is 13.0 Å². The molecule has 0 saturated carbocycles. The quantitative estimate of drug-likeness (QED) is 0.639. The van der Waals surface area contributed by atoms with E-state index < -0.39 is 0 Å². The van der Waals surface area contributed by atoms with Crippen LogP contribution in [0, 0.1) is 5.41 Å². The fraction of sp³-hybridized carbons (Fsp3) is 0.889. The molecule has 3 heteroatoms. The lowest BCUT2D eigenvalue weighted by Crippen LogP contribution is -2.50. The first-order chi connectivity index (χ1) is 5.56. The molecule has 0 bridgehead atoms. The van der Waals surface area contributed by atoms with Gasteiger partial charge in [0, 0.05) is 12.5 Å². The van der Waals surface area contributed by atoms with E-state index in [-0.39, 0.29) is 17.4 Å². The van der Waals surface area contributed by atoms with Gasteiger partial charge in [-0.2, -0.15) is 0 Å². The van der Waals surface area contributed by atoms with Gasteiger partial charge in [0.1, 0.15) is 0 Å². The number of hydrogen-bond donors (Lipinski definition) is 2. The molecule has 1 heterocycles. The molecule has 1 fully saturated rings. The molecule has 70 valence electrons. The SMILES string of the molecule is CC(C)(CN)C1CCCC(=O)N1. The van der Waals surface area contributed by atoms with Gasteiger partial charge in [0.25, 0.3) is 0 Å². The monoisotopic (exact) mass is 170 g/mol. The number of piperidine rings is 1. The van der Waals surface area contributed by atoms with E-state index in [4.69, 9.17) is 5.73 Å². The average molecular weight is 170 g/mol. The van der Waals surface area contributed by atoms with Gasteiger partial charge in [0.15, 0.2) is 0 Å². The molecule has 1 aliphatic heterocycles. The van der Waals surface area contributed by atoms with Crippen LogP contribution in [0.15, 0.2) is 0 Å². The Kier molecular flexibility index (Phi) is 2.73. The highest BCUT2D eigenvalue weighted by Gasteiger charge is 2.31. The number of carbonyl (C=O) groups is 1. The Morgan fingerprint density at radius 2 is 2.33 bits per heavy atom. The number of amides is 1. The molecule has 0 radical (unpaired) electrons. The number of hydrogen-bond acceptors (Lipinski definition) is 2. The molecular weight excluding hydrogens is 152 g/mol. The van der Waals surface area contributed by atoms with Crippen molar-refractivity contribution < 1.29 is 4.79 Å². The van der Waals surface area contributed by atoms with Crippen LogP contribution < -0.4 is 11.1 Å². The minimum Gasteiger partial charge on any atom is -0.353 e. The largest absolute Gasteiger partial charge is 0.353 e. The third kappa shape index (κ3) is 1.97. The van der Waals surface area contributed by atoms with Crippen molar-refractivity contribution in [3.05, 3.63) is 0 Å². The van der Waals surface area contributed by atoms with Gasteiger partial charge >= 0.3 is 0 Å². The van der Waals surface area contributed by atoms with E-state index in [9.17, 15) is 4.79 Å². The first-order valence-electron chi connectivity index (χ1n) is 4.56. The zero-order valence-electron chi connectivity index (χ0n) is 7.89. The Bertz CT molecular complexity index is 177. The topological polar surface area (TPSA) is 55.1 Å². The second kappa shape index (κ2) is 3.44. The Hall–Kier alpha value is -0.570. The maximum absolute atomic E-state index is 11.1. The normalized spacial score (nSPS) is 25.2. The zero-order chi connectivity index (χ0) is 9.19. The van der Waals surface area contributed by atoms with Gasteiger partial charge in [-0.25, -0.2) is 0 Å². The number of rotatable bonds is 2. The van der Waals surface area contributed by atoms with E-state index in [1.165, 1.54) is 0 Å². The molecule has 0 spiro atoms. The molecule has 3 N–H and O–H groups in total. The van der Waals surface area contributed by atoms with Gasteiger partial charge in [0.2, 0.25) is 5.91 Å². The number of nitrogens with two attached hydrogens (primary N) is 1. The van der Waals surface area contributed by atoms with Crippen molar-refractivity contribution >= 4 is 5.91 Å². The summed E-state index contributed by atoms with van der Waals surface area (Å²) >= 11 is 0. The second-order valence-corrected chi connectivity index (χ2v) is 4.21. The smallest absolute Gasteiger partial charge is 0.220 e. The Balaban J connectivity index is 2.56. The summed E-state index contributed by atoms with van der Waals surface area (Å²) in [6.07, 6.45) is 2.74. The lowest BCUT2D eigenvalue weighted by Gasteiger charge is -2.36. The lowest BCUT2D eigenvalue weighted by molar-refractivity contribution is -0.124. The van der Waals surface area contributed by atoms with Crippen molar-refractivity contribution in [1.82, 2.24) is 5.32 Å². The minimum atomic E-state index is 0.0378. The highest BCUT2D eigenvalue weighted by molar-refractivity contribution is 5.77. The van der Waals surface area contributed by atoms with E-state index in [2.05, 4.69) is 19.2 Å². The van der Waals surface area contributed by atoms with Gasteiger partial charge in [-0.3, -0.25) is 4.79 Å². The van der Waals surface area contributed by atoms with Crippen LogP contribution in [0.25, 0.3) is 0 Å². The third-order valence-electron chi connectivity index (χ3n) is 2.70. The molecule has 0 aromatic rings. The van der Waals surface area contributed by atoms with Crippen LogP contribution in [0.5, 0.6) is 0 Å². The summed E-state index contributed by atoms with van der Waals surface area (Å²) in [7, 11) is 0. The predicted molar refractivity (Wildman–Crippen MR) is 48.6 cm³/mol. The summed E-state index contributed by atoms with van der Waals surface area (Å²) in [4.78, 5) is 11.1. The first kappa shape index (κ1) is 9.52. The third-order valence-corrected chi connectivity index (χ3v) is 2.70. The summed E-state index contributed by atoms with van der Waals surface area (Å²) < 4.78 is 0. The Morgan fingerprint density at radius 1 is 1.67 bits per heavy atom. The average Bonchev–Trinajstić information content (AvgIpc) is 2.05. The fourth-order valence-corrected chi connectivity index (χ4v) is 1.53. The summed E-state index contributed by atoms with van der Waals surface area (Å²) in [5, 5.41) is 2.99. The van der Waals surface area contributed by atoms with Crippen LogP contribution in [0.4, 0.5) is 0 Å². The van der Waals surface area contributed by atoms with Gasteiger partial charge in [0.05, 0.1) is 0 Å². The van der Waals surface area contributed by atoms with Crippen molar-refractivity contribution in [1.29, 1.82) is 0 Å². The van der Waals surface area contributed by atoms with Gasteiger partial charge in [-0.1, -0.05) is 13.8 Å². The van der Waals surface area contributed by atoms with E-state index >= 15 is 0 Å². The Labute approximate surface area is 73.7 Å². The standard InChI is InChI=1S/C9H18N2O/c1-9(2,6-10)7-4-3-5-8(12)11-7/h7H,3-6,10H2,1-2H3,(H,11,12). The van der Waals surface area contributed by atoms with Crippen molar-refractivity contribution in [3.63, 3.8) is 0 Å². The maximum atomic E-state index is 11.1. The summed E-state index contributed by atoms with van der Waals surface area (Å²) in [5.41, 5.74) is 5.67. The molecular formula is C9H18N2O. The van der Waals surface area contributed by atoms with Crippen molar-refractivity contribution in [3.8, 4) is 0 Å². The molecule has 0 aliphatic carbocycles. The lowest BCUT2D eigenvalue weighted by atomic mass is 9.80. The van der Waals surface area contributed by atoms with E-state index in [1.54, 1.807) is 0 Å². The van der Waals surface area contributed by atoms with Crippen molar-refractivity contribution in [2.24, 2.45) is 11.1 Å². The summed E-state index contributed by atoms with van der Waals surface area (Å²) in [6, 6.07) is 0.267. The van der Waals surface area contributed by atoms with Crippen LogP contribution in [-0.4, -0.2) is 18.5 Å². The molecule has 1 aliphatic rings. The molecule has 1 rings (SSSR count). The van der Waals surface area contributed by atoms with Crippen LogP contribution in [0.1, 0.15) is 33.1 Å². The Morgan fingerprint density at radius 3 is 2.83 bits per heavy atom. The van der Waals surface area contributed by atoms with Crippen LogP contribution in [-0.2, 0) is 4.79 Å². The fourth-order valence-electron chi connectivity index (χ4n) is 1.53. The van der Waals surface area contributed by atoms with Crippen LogP contribution >= 0.6 is 0 Å². The molecule has 1 atom stereocenters. The van der Waals surface area contributed by atoms with Crippen LogP contribution in [0.2, 0.25) is 0 Å². The molecule has 12 heavy (non-hydrogen) atoms. The van der Waals surface area contributed by atoms with Crippen molar-refractivity contribution in [2.45, 2.75) is 39.2 Å². The second-order valence-electron chi connectivity index (χ2n) is 4.21. The molecule has 1 saturated heterocycles. The minimum absolute atomic E-state index is 0.0378. The van der Waals surface area contributed by atoms with E-state index in [1.807, 2.05) is 0 Å². The van der Waals surface area contributed by atoms with E-state index in [0.717, 1.165) is 12.8 Å². The van der Waals surface area contributed by atoms with Gasteiger partial charge < -0.3 is 11.1 Å². The predicted octanol–water partition coefficient (Wildman–Crippen LogP) is 0.640. The highest BCUT2D eigenvalue weighted by atomic mass is 16.1. The number of nitrogens with one attached hydrogen (secondary N) is 1. The maximum Gasteiger partial charge on any atom is 0.220 e. The molecule has 3 nitrogen and oxygen atoms in total. The van der Waals surface area contributed by atoms with Crippen molar-refractivity contribution in [2.75, 3.05) is 6.54 Å².